The van der Waals surface area contributed by atoms with E-state index in [-0.39, 0.29) is 0 Å². The molecule has 0 fully saturated rings. The number of hydrogen-bond donors (Lipinski definition) is 0. The highest BCUT2D eigenvalue weighted by Crippen LogP contribution is 2.37. The molecule has 1 aromatic carbocycles. The minimum atomic E-state index is -1.54. The first-order chi connectivity index (χ1) is 8.45. The van der Waals surface area contributed by atoms with Gasteiger partial charge in [-0.25, -0.2) is 9.97 Å². The molecule has 3 nitrogen and oxygen atoms in total. The molecule has 0 unspecified atom stereocenters. The topological polar surface area (TPSA) is 30.2 Å². The number of hydrogen-bond acceptors (Lipinski definition) is 2. The van der Waals surface area contributed by atoms with Gasteiger partial charge >= 0.3 is 0 Å². The molecule has 0 saturated carbocycles. The maximum atomic E-state index is 5.81. The second-order valence-electron chi connectivity index (χ2n) is 3.73. The third-order valence-corrected chi connectivity index (χ3v) is 3.60. The Bertz CT molecular complexity index is 748. The summed E-state index contributed by atoms with van der Waals surface area (Å²) in [5.74, 6) is 0.506. The van der Waals surface area contributed by atoms with E-state index in [0.29, 0.717) is 11.5 Å². The van der Waals surface area contributed by atoms with Gasteiger partial charge in [0.25, 0.3) is 0 Å². The van der Waals surface area contributed by atoms with Gasteiger partial charge in [-0.3, -0.25) is 4.40 Å². The summed E-state index contributed by atoms with van der Waals surface area (Å²) in [6.45, 7) is 0. The molecule has 2 aromatic heterocycles. The fraction of sp³-hybridized carbons (Fsp3) is 0.0909. The van der Waals surface area contributed by atoms with Crippen LogP contribution in [0.2, 0.25) is 0 Å². The van der Waals surface area contributed by atoms with Crippen molar-refractivity contribution in [3.05, 3.63) is 40.6 Å². The predicted molar refractivity (Wildman–Crippen MR) is 77.4 cm³/mol. The fourth-order valence-electron chi connectivity index (χ4n) is 1.73. The summed E-state index contributed by atoms with van der Waals surface area (Å²) in [6, 6.07) is 7.48. The molecular weight excluding hydrogens is 360 g/mol. The average Bonchev–Trinajstić information content (AvgIpc) is 2.63. The van der Waals surface area contributed by atoms with Crippen LogP contribution < -0.4 is 0 Å². The van der Waals surface area contributed by atoms with Crippen LogP contribution in [-0.4, -0.2) is 14.4 Å². The highest BCUT2D eigenvalue weighted by molar-refractivity contribution is 9.10. The summed E-state index contributed by atoms with van der Waals surface area (Å²) in [4.78, 5) is 8.65. The molecule has 0 radical (unpaired) electrons. The van der Waals surface area contributed by atoms with Gasteiger partial charge < -0.3 is 0 Å². The molecule has 0 saturated heterocycles. The third kappa shape index (κ3) is 2.07. The van der Waals surface area contributed by atoms with Crippen LogP contribution in [0.4, 0.5) is 0 Å². The predicted octanol–water partition coefficient (Wildman–Crippen LogP) is 4.47. The Kier molecular flexibility index (Phi) is 2.94. The molecule has 0 aliphatic rings. The number of nitrogens with zero attached hydrogens (tertiary/aromatic N) is 3. The van der Waals surface area contributed by atoms with Gasteiger partial charge in [0.1, 0.15) is 0 Å². The van der Waals surface area contributed by atoms with E-state index >= 15 is 0 Å². The number of aromatic nitrogens is 3. The van der Waals surface area contributed by atoms with Crippen LogP contribution in [0.1, 0.15) is 5.69 Å². The molecule has 0 spiro atoms. The second-order valence-corrected chi connectivity index (χ2v) is 6.92. The molecule has 0 N–H and O–H groups in total. The first-order valence-corrected chi connectivity index (χ1v) is 6.89. The largest absolute Gasteiger partial charge is 0.284 e. The first kappa shape index (κ1) is 12.5. The van der Waals surface area contributed by atoms with Crippen molar-refractivity contribution in [2.24, 2.45) is 0 Å². The Morgan fingerprint density at radius 3 is 2.61 bits per heavy atom. The minimum absolute atomic E-state index is 0.356. The zero-order chi connectivity index (χ0) is 12.9. The molecule has 18 heavy (non-hydrogen) atoms. The second kappa shape index (κ2) is 4.23. The number of fused-ring (bicyclic) bond motifs is 3. The standard InChI is InChI=1S/C11H5BrCl3N3/c12-6-1-2-8-7(5-6)16-10-17-9(11(13,14)15)3-4-18(8)10/h1-5H. The van der Waals surface area contributed by atoms with E-state index in [4.69, 9.17) is 34.8 Å². The van der Waals surface area contributed by atoms with Gasteiger partial charge in [0, 0.05) is 10.7 Å². The smallest absolute Gasteiger partial charge is 0.235 e. The summed E-state index contributed by atoms with van der Waals surface area (Å²) in [7, 11) is 0. The van der Waals surface area contributed by atoms with Gasteiger partial charge in [-0.05, 0) is 24.3 Å². The fourth-order valence-corrected chi connectivity index (χ4v) is 2.40. The lowest BCUT2D eigenvalue weighted by atomic mass is 10.3. The summed E-state index contributed by atoms with van der Waals surface area (Å²) in [6.07, 6.45) is 1.79. The van der Waals surface area contributed by atoms with Crippen molar-refractivity contribution >= 4 is 67.5 Å². The van der Waals surface area contributed by atoms with Crippen molar-refractivity contribution in [2.75, 3.05) is 0 Å². The van der Waals surface area contributed by atoms with E-state index in [0.717, 1.165) is 15.5 Å². The molecule has 3 aromatic rings. The van der Waals surface area contributed by atoms with E-state index in [1.54, 1.807) is 12.3 Å². The van der Waals surface area contributed by atoms with E-state index in [1.807, 2.05) is 22.6 Å². The lowest BCUT2D eigenvalue weighted by Crippen LogP contribution is -2.05. The molecule has 0 atom stereocenters. The summed E-state index contributed by atoms with van der Waals surface area (Å²) >= 11 is 20.8. The number of alkyl halides is 3. The molecule has 92 valence electrons. The summed E-state index contributed by atoms with van der Waals surface area (Å²) < 4.78 is 1.27. The van der Waals surface area contributed by atoms with Crippen LogP contribution in [0.25, 0.3) is 16.8 Å². The highest BCUT2D eigenvalue weighted by atomic mass is 79.9. The maximum Gasteiger partial charge on any atom is 0.235 e. The zero-order valence-electron chi connectivity index (χ0n) is 8.74. The molecule has 2 heterocycles. The van der Waals surface area contributed by atoms with Crippen molar-refractivity contribution in [3.63, 3.8) is 0 Å². The number of rotatable bonds is 0. The average molecular weight is 365 g/mol. The van der Waals surface area contributed by atoms with Gasteiger partial charge in [-0.15, -0.1) is 0 Å². The summed E-state index contributed by atoms with van der Waals surface area (Å²) in [5, 5.41) is 0. The van der Waals surface area contributed by atoms with Gasteiger partial charge in [0.2, 0.25) is 9.57 Å². The number of imidazole rings is 1. The lowest BCUT2D eigenvalue weighted by Gasteiger charge is -2.09. The quantitative estimate of drug-likeness (QED) is 0.550. The van der Waals surface area contributed by atoms with Gasteiger partial charge in [0.05, 0.1) is 16.7 Å². The van der Waals surface area contributed by atoms with Crippen molar-refractivity contribution in [1.29, 1.82) is 0 Å². The van der Waals surface area contributed by atoms with Crippen LogP contribution in [-0.2, 0) is 3.79 Å². The number of halogens is 4. The molecule has 3 rings (SSSR count). The van der Waals surface area contributed by atoms with Crippen molar-refractivity contribution < 1.29 is 0 Å². The Labute approximate surface area is 126 Å². The first-order valence-electron chi connectivity index (χ1n) is 4.97. The van der Waals surface area contributed by atoms with E-state index in [2.05, 4.69) is 25.9 Å². The zero-order valence-corrected chi connectivity index (χ0v) is 12.6. The molecule has 0 aliphatic heterocycles. The number of benzene rings is 1. The van der Waals surface area contributed by atoms with Crippen molar-refractivity contribution in [1.82, 2.24) is 14.4 Å². The van der Waals surface area contributed by atoms with Gasteiger partial charge in [0.15, 0.2) is 0 Å². The molecule has 0 aliphatic carbocycles. The monoisotopic (exact) mass is 363 g/mol. The molecule has 0 amide bonds. The van der Waals surface area contributed by atoms with Crippen LogP contribution in [0, 0.1) is 0 Å². The Morgan fingerprint density at radius 1 is 1.11 bits per heavy atom. The lowest BCUT2D eigenvalue weighted by molar-refractivity contribution is 1.03. The van der Waals surface area contributed by atoms with Crippen LogP contribution in [0.15, 0.2) is 34.9 Å². The minimum Gasteiger partial charge on any atom is -0.284 e. The van der Waals surface area contributed by atoms with Crippen LogP contribution in [0.3, 0.4) is 0 Å². The highest BCUT2D eigenvalue weighted by Gasteiger charge is 2.25. The SMILES string of the molecule is ClC(Cl)(Cl)c1ccn2c(n1)nc1cc(Br)ccc12. The summed E-state index contributed by atoms with van der Waals surface area (Å²) in [5.41, 5.74) is 2.14. The van der Waals surface area contributed by atoms with Gasteiger partial charge in [-0.2, -0.15) is 0 Å². The van der Waals surface area contributed by atoms with Crippen molar-refractivity contribution in [2.45, 2.75) is 3.79 Å². The van der Waals surface area contributed by atoms with E-state index < -0.39 is 3.79 Å². The molecule has 0 bridgehead atoms. The van der Waals surface area contributed by atoms with Crippen molar-refractivity contribution in [3.8, 4) is 0 Å². The Hall–Kier alpha value is -0.550. The maximum absolute atomic E-state index is 5.81. The van der Waals surface area contributed by atoms with E-state index in [9.17, 15) is 0 Å². The third-order valence-electron chi connectivity index (χ3n) is 2.53. The van der Waals surface area contributed by atoms with Crippen LogP contribution >= 0.6 is 50.7 Å². The normalized spacial score (nSPS) is 12.4. The Morgan fingerprint density at radius 2 is 1.89 bits per heavy atom. The van der Waals surface area contributed by atoms with Gasteiger partial charge in [-0.1, -0.05) is 50.7 Å². The van der Waals surface area contributed by atoms with E-state index in [1.165, 1.54) is 0 Å². The Balaban J connectivity index is 2.33. The van der Waals surface area contributed by atoms with Crippen LogP contribution in [0.5, 0.6) is 0 Å². The molecule has 7 heteroatoms. The molecular formula is C11H5BrCl3N3.